The number of halogens is 2. The van der Waals surface area contributed by atoms with E-state index in [4.69, 9.17) is 0 Å². The molecular formula is C14H11F2N3O2S. The van der Waals surface area contributed by atoms with Gasteiger partial charge in [0.05, 0.1) is 0 Å². The number of nitrogens with zero attached hydrogens (tertiary/aromatic N) is 2. The summed E-state index contributed by atoms with van der Waals surface area (Å²) in [5.41, 5.74) is 0.244. The second-order valence-corrected chi connectivity index (χ2v) is 5.65. The zero-order valence-electron chi connectivity index (χ0n) is 11.3. The highest BCUT2D eigenvalue weighted by Gasteiger charge is 2.38. The van der Waals surface area contributed by atoms with Crippen molar-refractivity contribution >= 4 is 34.0 Å². The molecule has 1 atom stereocenters. The average Bonchev–Trinajstić information content (AvgIpc) is 3.11. The van der Waals surface area contributed by atoms with Gasteiger partial charge < -0.3 is 10.2 Å². The molecule has 0 radical (unpaired) electrons. The van der Waals surface area contributed by atoms with E-state index in [-0.39, 0.29) is 12.2 Å². The number of anilines is 2. The molecule has 0 bridgehead atoms. The van der Waals surface area contributed by atoms with Crippen LogP contribution in [0.1, 0.15) is 6.42 Å². The van der Waals surface area contributed by atoms with Gasteiger partial charge in [-0.05, 0) is 18.6 Å². The van der Waals surface area contributed by atoms with Crippen LogP contribution in [0.3, 0.4) is 0 Å². The minimum absolute atomic E-state index is 0.244. The third-order valence-corrected chi connectivity index (χ3v) is 4.09. The molecule has 2 heterocycles. The van der Waals surface area contributed by atoms with Gasteiger partial charge in [0.2, 0.25) is 11.8 Å². The molecule has 8 heteroatoms. The minimum atomic E-state index is -1.03. The molecule has 0 spiro atoms. The molecule has 1 N–H and O–H groups in total. The Morgan fingerprint density at radius 1 is 1.36 bits per heavy atom. The number of benzene rings is 1. The molecule has 0 aliphatic carbocycles. The van der Waals surface area contributed by atoms with E-state index < -0.39 is 29.4 Å². The predicted octanol–water partition coefficient (Wildman–Crippen LogP) is 2.41. The van der Waals surface area contributed by atoms with Crippen molar-refractivity contribution in [1.82, 2.24) is 4.98 Å². The van der Waals surface area contributed by atoms with Gasteiger partial charge in [-0.2, -0.15) is 0 Å². The maximum Gasteiger partial charge on any atom is 0.239 e. The van der Waals surface area contributed by atoms with Gasteiger partial charge in [0.25, 0.3) is 0 Å². The van der Waals surface area contributed by atoms with E-state index in [0.29, 0.717) is 11.6 Å². The van der Waals surface area contributed by atoms with Crippen LogP contribution < -0.4 is 10.2 Å². The summed E-state index contributed by atoms with van der Waals surface area (Å²) in [6, 6.07) is 3.23. The lowest BCUT2D eigenvalue weighted by Crippen LogP contribution is -2.33. The van der Waals surface area contributed by atoms with Crippen molar-refractivity contribution in [3.63, 3.8) is 0 Å². The first-order valence-corrected chi connectivity index (χ1v) is 7.41. The zero-order valence-corrected chi connectivity index (χ0v) is 12.1. The lowest BCUT2D eigenvalue weighted by Gasteiger charge is -2.16. The van der Waals surface area contributed by atoms with Crippen molar-refractivity contribution in [2.75, 3.05) is 16.8 Å². The fraction of sp³-hybridized carbons (Fsp3) is 0.214. The number of amides is 2. The maximum atomic E-state index is 13.3. The second-order valence-electron chi connectivity index (χ2n) is 4.76. The van der Waals surface area contributed by atoms with E-state index in [1.807, 2.05) is 0 Å². The molecule has 3 rings (SSSR count). The van der Waals surface area contributed by atoms with Crippen molar-refractivity contribution in [3.8, 4) is 0 Å². The lowest BCUT2D eigenvalue weighted by molar-refractivity contribution is -0.129. The summed E-state index contributed by atoms with van der Waals surface area (Å²) >= 11 is 1.25. The number of carbonyl (C=O) groups is 2. The van der Waals surface area contributed by atoms with E-state index in [1.54, 1.807) is 11.6 Å². The first-order chi connectivity index (χ1) is 10.6. The van der Waals surface area contributed by atoms with Crippen LogP contribution in [0, 0.1) is 17.6 Å². The average molecular weight is 323 g/mol. The number of nitrogens with one attached hydrogen (secondary N) is 1. The molecule has 2 amide bonds. The fourth-order valence-corrected chi connectivity index (χ4v) is 2.84. The molecule has 1 unspecified atom stereocenters. The molecule has 0 saturated carbocycles. The molecule has 1 aromatic carbocycles. The summed E-state index contributed by atoms with van der Waals surface area (Å²) in [4.78, 5) is 29.6. The third kappa shape index (κ3) is 2.69. The van der Waals surface area contributed by atoms with Crippen molar-refractivity contribution < 1.29 is 18.4 Å². The van der Waals surface area contributed by atoms with Gasteiger partial charge in [-0.1, -0.05) is 0 Å². The van der Waals surface area contributed by atoms with Gasteiger partial charge in [0, 0.05) is 29.9 Å². The summed E-state index contributed by atoms with van der Waals surface area (Å²) < 4.78 is 26.2. The molecule has 2 aromatic rings. The van der Waals surface area contributed by atoms with Gasteiger partial charge in [0.15, 0.2) is 16.8 Å². The number of aromatic nitrogens is 1. The zero-order chi connectivity index (χ0) is 15.7. The number of hydrogen-bond acceptors (Lipinski definition) is 4. The highest BCUT2D eigenvalue weighted by atomic mass is 32.1. The first-order valence-electron chi connectivity index (χ1n) is 6.53. The molecule has 1 saturated heterocycles. The molecular weight excluding hydrogens is 312 g/mol. The summed E-state index contributed by atoms with van der Waals surface area (Å²) in [6.45, 7) is 0.278. The Kier molecular flexibility index (Phi) is 3.84. The molecule has 1 aliphatic rings. The van der Waals surface area contributed by atoms with E-state index in [0.717, 1.165) is 12.1 Å². The molecule has 1 fully saturated rings. The van der Waals surface area contributed by atoms with E-state index in [9.17, 15) is 18.4 Å². The normalized spacial score (nSPS) is 17.8. The summed E-state index contributed by atoms with van der Waals surface area (Å²) in [5, 5.41) is 4.70. The van der Waals surface area contributed by atoms with Gasteiger partial charge in [-0.25, -0.2) is 13.8 Å². The van der Waals surface area contributed by atoms with Crippen molar-refractivity contribution in [1.29, 1.82) is 0 Å². The number of thiazole rings is 1. The Hall–Kier alpha value is -2.35. The first kappa shape index (κ1) is 14.6. The van der Waals surface area contributed by atoms with Crippen molar-refractivity contribution in [3.05, 3.63) is 41.4 Å². The maximum absolute atomic E-state index is 13.3. The SMILES string of the molecule is O=C(Nc1nccs1)C1CCN(c2ccc(F)c(F)c2)C1=O. The lowest BCUT2D eigenvalue weighted by atomic mass is 10.1. The van der Waals surface area contributed by atoms with Crippen LogP contribution >= 0.6 is 11.3 Å². The standard InChI is InChI=1S/C14H11F2N3O2S/c15-10-2-1-8(7-11(10)16)19-5-3-9(13(19)21)12(20)18-14-17-4-6-22-14/h1-2,4,6-7,9H,3,5H2,(H,17,18,20). The van der Waals surface area contributed by atoms with Crippen LogP contribution in [-0.4, -0.2) is 23.3 Å². The Balaban J connectivity index is 1.74. The van der Waals surface area contributed by atoms with Crippen LogP contribution in [0.15, 0.2) is 29.8 Å². The third-order valence-electron chi connectivity index (χ3n) is 3.40. The summed E-state index contributed by atoms with van der Waals surface area (Å²) in [6.07, 6.45) is 1.86. The second kappa shape index (κ2) is 5.80. The van der Waals surface area contributed by atoms with Gasteiger partial charge in [-0.3, -0.25) is 9.59 Å². The van der Waals surface area contributed by atoms with E-state index in [2.05, 4.69) is 10.3 Å². The molecule has 1 aliphatic heterocycles. The van der Waals surface area contributed by atoms with E-state index in [1.165, 1.54) is 22.3 Å². The number of rotatable bonds is 3. The predicted molar refractivity (Wildman–Crippen MR) is 77.6 cm³/mol. The summed E-state index contributed by atoms with van der Waals surface area (Å²) in [7, 11) is 0. The van der Waals surface area contributed by atoms with Crippen LogP contribution in [0.4, 0.5) is 19.6 Å². The Labute approximate surface area is 128 Å². The van der Waals surface area contributed by atoms with E-state index >= 15 is 0 Å². The smallest absolute Gasteiger partial charge is 0.239 e. The van der Waals surface area contributed by atoms with Gasteiger partial charge in [0.1, 0.15) is 5.92 Å². The van der Waals surface area contributed by atoms with Crippen LogP contribution in [-0.2, 0) is 9.59 Å². The molecule has 114 valence electrons. The summed E-state index contributed by atoms with van der Waals surface area (Å²) in [5.74, 6) is -3.73. The topological polar surface area (TPSA) is 62.3 Å². The number of hydrogen-bond donors (Lipinski definition) is 1. The Morgan fingerprint density at radius 2 is 2.18 bits per heavy atom. The molecule has 1 aromatic heterocycles. The van der Waals surface area contributed by atoms with Crippen LogP contribution in [0.25, 0.3) is 0 Å². The quantitative estimate of drug-likeness (QED) is 0.882. The number of carbonyl (C=O) groups excluding carboxylic acids is 2. The monoisotopic (exact) mass is 323 g/mol. The van der Waals surface area contributed by atoms with Gasteiger partial charge >= 0.3 is 0 Å². The minimum Gasteiger partial charge on any atom is -0.312 e. The highest BCUT2D eigenvalue weighted by molar-refractivity contribution is 7.13. The largest absolute Gasteiger partial charge is 0.312 e. The van der Waals surface area contributed by atoms with Crippen molar-refractivity contribution in [2.45, 2.75) is 6.42 Å². The Bertz CT molecular complexity index is 721. The van der Waals surface area contributed by atoms with Crippen LogP contribution in [0.5, 0.6) is 0 Å². The van der Waals surface area contributed by atoms with Gasteiger partial charge in [-0.15, -0.1) is 11.3 Å². The van der Waals surface area contributed by atoms with Crippen LogP contribution in [0.2, 0.25) is 0 Å². The molecule has 5 nitrogen and oxygen atoms in total. The molecule has 22 heavy (non-hydrogen) atoms. The Morgan fingerprint density at radius 3 is 2.86 bits per heavy atom. The fourth-order valence-electron chi connectivity index (χ4n) is 2.31. The highest BCUT2D eigenvalue weighted by Crippen LogP contribution is 2.27. The van der Waals surface area contributed by atoms with Crippen molar-refractivity contribution in [2.24, 2.45) is 5.92 Å².